The maximum atomic E-state index is 5.41. The number of rotatable bonds is 9. The Labute approximate surface area is 121 Å². The van der Waals surface area contributed by atoms with Gasteiger partial charge in [0.2, 0.25) is 0 Å². The SMILES string of the molecule is CCCNc1cc(NCC2(C)CC2)nc(COCC)n1. The molecule has 0 saturated heterocycles. The predicted molar refractivity (Wildman–Crippen MR) is 82.0 cm³/mol. The highest BCUT2D eigenvalue weighted by Crippen LogP contribution is 2.44. The highest BCUT2D eigenvalue weighted by molar-refractivity contribution is 5.47. The second kappa shape index (κ2) is 6.88. The summed E-state index contributed by atoms with van der Waals surface area (Å²) in [5.41, 5.74) is 0.460. The van der Waals surface area contributed by atoms with Gasteiger partial charge in [-0.3, -0.25) is 0 Å². The van der Waals surface area contributed by atoms with Gasteiger partial charge in [0.1, 0.15) is 18.2 Å². The third-order valence-electron chi connectivity index (χ3n) is 3.56. The van der Waals surface area contributed by atoms with Crippen molar-refractivity contribution in [1.29, 1.82) is 0 Å². The van der Waals surface area contributed by atoms with Crippen molar-refractivity contribution in [2.75, 3.05) is 30.3 Å². The summed E-state index contributed by atoms with van der Waals surface area (Å²) in [6.45, 7) is 9.46. The Hall–Kier alpha value is -1.36. The van der Waals surface area contributed by atoms with Crippen LogP contribution in [0.4, 0.5) is 11.6 Å². The lowest BCUT2D eigenvalue weighted by Crippen LogP contribution is -2.15. The lowest BCUT2D eigenvalue weighted by molar-refractivity contribution is 0.128. The van der Waals surface area contributed by atoms with Crippen LogP contribution in [0.25, 0.3) is 0 Å². The fourth-order valence-electron chi connectivity index (χ4n) is 1.88. The summed E-state index contributed by atoms with van der Waals surface area (Å²) < 4.78 is 5.41. The van der Waals surface area contributed by atoms with Crippen LogP contribution in [0.1, 0.15) is 45.9 Å². The largest absolute Gasteiger partial charge is 0.374 e. The highest BCUT2D eigenvalue weighted by Gasteiger charge is 2.36. The lowest BCUT2D eigenvalue weighted by atomic mass is 10.1. The molecule has 0 spiro atoms. The summed E-state index contributed by atoms with van der Waals surface area (Å²) >= 11 is 0. The Morgan fingerprint density at radius 1 is 1.20 bits per heavy atom. The van der Waals surface area contributed by atoms with Crippen molar-refractivity contribution in [3.8, 4) is 0 Å². The molecule has 2 rings (SSSR count). The van der Waals surface area contributed by atoms with E-state index in [0.717, 1.165) is 37.0 Å². The number of anilines is 2. The number of hydrogen-bond donors (Lipinski definition) is 2. The van der Waals surface area contributed by atoms with Crippen LogP contribution in [0.15, 0.2) is 6.07 Å². The summed E-state index contributed by atoms with van der Waals surface area (Å²) in [7, 11) is 0. The third-order valence-corrected chi connectivity index (χ3v) is 3.56. The van der Waals surface area contributed by atoms with E-state index in [9.17, 15) is 0 Å². The van der Waals surface area contributed by atoms with Crippen LogP contribution < -0.4 is 10.6 Å². The van der Waals surface area contributed by atoms with E-state index in [1.807, 2.05) is 13.0 Å². The maximum absolute atomic E-state index is 5.41. The minimum atomic E-state index is 0.460. The molecule has 0 bridgehead atoms. The molecular formula is C15H26N4O. The molecule has 1 aliphatic carbocycles. The molecule has 0 radical (unpaired) electrons. The first kappa shape index (κ1) is 15.0. The molecule has 5 heteroatoms. The van der Waals surface area contributed by atoms with E-state index in [1.54, 1.807) is 0 Å². The average molecular weight is 278 g/mol. The Balaban J connectivity index is 2.02. The van der Waals surface area contributed by atoms with E-state index < -0.39 is 0 Å². The fraction of sp³-hybridized carbons (Fsp3) is 0.733. The van der Waals surface area contributed by atoms with Gasteiger partial charge in [0, 0.05) is 25.8 Å². The fourth-order valence-corrected chi connectivity index (χ4v) is 1.88. The van der Waals surface area contributed by atoms with Gasteiger partial charge in [0.15, 0.2) is 5.82 Å². The molecule has 0 atom stereocenters. The van der Waals surface area contributed by atoms with E-state index in [0.29, 0.717) is 18.6 Å². The maximum Gasteiger partial charge on any atom is 0.158 e. The first-order valence-electron chi connectivity index (χ1n) is 7.58. The number of hydrogen-bond acceptors (Lipinski definition) is 5. The average Bonchev–Trinajstić information content (AvgIpc) is 3.19. The molecule has 0 aliphatic heterocycles. The van der Waals surface area contributed by atoms with Crippen LogP contribution in [0.2, 0.25) is 0 Å². The van der Waals surface area contributed by atoms with Crippen molar-refractivity contribution in [3.05, 3.63) is 11.9 Å². The molecule has 1 aromatic heterocycles. The van der Waals surface area contributed by atoms with Crippen LogP contribution >= 0.6 is 0 Å². The minimum absolute atomic E-state index is 0.460. The Morgan fingerprint density at radius 3 is 2.50 bits per heavy atom. The number of aromatic nitrogens is 2. The normalized spacial score (nSPS) is 15.9. The summed E-state index contributed by atoms with van der Waals surface area (Å²) in [4.78, 5) is 9.00. The standard InChI is InChI=1S/C15H26N4O/c1-4-8-16-12-9-13(17-11-15(3)6-7-15)19-14(18-12)10-20-5-2/h9H,4-8,10-11H2,1-3H3,(H2,16,17,18,19). The lowest BCUT2D eigenvalue weighted by Gasteiger charge is -2.13. The van der Waals surface area contributed by atoms with Crippen molar-refractivity contribution in [3.63, 3.8) is 0 Å². The van der Waals surface area contributed by atoms with Gasteiger partial charge in [-0.2, -0.15) is 0 Å². The van der Waals surface area contributed by atoms with Gasteiger partial charge in [0.05, 0.1) is 0 Å². The smallest absolute Gasteiger partial charge is 0.158 e. The van der Waals surface area contributed by atoms with Crippen LogP contribution in [-0.4, -0.2) is 29.7 Å². The topological polar surface area (TPSA) is 59.1 Å². The summed E-state index contributed by atoms with van der Waals surface area (Å²) in [5, 5.41) is 6.75. The van der Waals surface area contributed by atoms with E-state index in [1.165, 1.54) is 12.8 Å². The molecule has 20 heavy (non-hydrogen) atoms. The molecule has 1 fully saturated rings. The molecule has 0 unspecified atom stereocenters. The van der Waals surface area contributed by atoms with Gasteiger partial charge >= 0.3 is 0 Å². The molecule has 1 aliphatic rings. The summed E-state index contributed by atoms with van der Waals surface area (Å²) in [6.07, 6.45) is 3.68. The van der Waals surface area contributed by atoms with Crippen molar-refractivity contribution >= 4 is 11.6 Å². The molecule has 1 heterocycles. The van der Waals surface area contributed by atoms with E-state index in [-0.39, 0.29) is 0 Å². The number of ether oxygens (including phenoxy) is 1. The molecule has 5 nitrogen and oxygen atoms in total. The molecule has 1 saturated carbocycles. The minimum Gasteiger partial charge on any atom is -0.374 e. The number of nitrogens with zero attached hydrogens (tertiary/aromatic N) is 2. The van der Waals surface area contributed by atoms with Gasteiger partial charge in [-0.1, -0.05) is 13.8 Å². The number of nitrogens with one attached hydrogen (secondary N) is 2. The van der Waals surface area contributed by atoms with E-state index in [4.69, 9.17) is 4.74 Å². The van der Waals surface area contributed by atoms with Gasteiger partial charge in [-0.25, -0.2) is 9.97 Å². The van der Waals surface area contributed by atoms with Gasteiger partial charge < -0.3 is 15.4 Å². The van der Waals surface area contributed by atoms with E-state index >= 15 is 0 Å². The van der Waals surface area contributed by atoms with Crippen LogP contribution in [0.3, 0.4) is 0 Å². The van der Waals surface area contributed by atoms with Crippen molar-refractivity contribution in [2.45, 2.75) is 46.6 Å². The molecule has 0 aromatic carbocycles. The second-order valence-electron chi connectivity index (χ2n) is 5.78. The molecule has 0 amide bonds. The van der Waals surface area contributed by atoms with Crippen molar-refractivity contribution in [2.24, 2.45) is 5.41 Å². The van der Waals surface area contributed by atoms with Gasteiger partial charge in [-0.15, -0.1) is 0 Å². The van der Waals surface area contributed by atoms with Crippen LogP contribution in [-0.2, 0) is 11.3 Å². The Bertz CT molecular complexity index is 406. The van der Waals surface area contributed by atoms with E-state index in [2.05, 4.69) is 34.4 Å². The zero-order valence-corrected chi connectivity index (χ0v) is 12.8. The predicted octanol–water partition coefficient (Wildman–Crippen LogP) is 3.05. The van der Waals surface area contributed by atoms with Crippen LogP contribution in [0, 0.1) is 5.41 Å². The second-order valence-corrected chi connectivity index (χ2v) is 5.78. The molecular weight excluding hydrogens is 252 g/mol. The zero-order valence-electron chi connectivity index (χ0n) is 12.8. The Morgan fingerprint density at radius 2 is 1.90 bits per heavy atom. The van der Waals surface area contributed by atoms with Gasteiger partial charge in [-0.05, 0) is 31.6 Å². The van der Waals surface area contributed by atoms with Crippen molar-refractivity contribution < 1.29 is 4.74 Å². The molecule has 112 valence electrons. The third kappa shape index (κ3) is 4.63. The van der Waals surface area contributed by atoms with Crippen LogP contribution in [0.5, 0.6) is 0 Å². The monoisotopic (exact) mass is 278 g/mol. The summed E-state index contributed by atoms with van der Waals surface area (Å²) in [5.74, 6) is 2.50. The first-order valence-corrected chi connectivity index (χ1v) is 7.58. The van der Waals surface area contributed by atoms with Crippen molar-refractivity contribution in [1.82, 2.24) is 9.97 Å². The summed E-state index contributed by atoms with van der Waals surface area (Å²) in [6, 6.07) is 1.98. The zero-order chi connectivity index (χ0) is 14.4. The Kier molecular flexibility index (Phi) is 5.17. The molecule has 2 N–H and O–H groups in total. The molecule has 1 aromatic rings. The first-order chi connectivity index (χ1) is 9.65. The highest BCUT2D eigenvalue weighted by atomic mass is 16.5. The van der Waals surface area contributed by atoms with Gasteiger partial charge in [0.25, 0.3) is 0 Å². The quantitative estimate of drug-likeness (QED) is 0.727.